The van der Waals surface area contributed by atoms with E-state index in [1.807, 2.05) is 47.4 Å². The summed E-state index contributed by atoms with van der Waals surface area (Å²) in [5.74, 6) is 1.27. The average Bonchev–Trinajstić information content (AvgIpc) is 2.90. The first-order chi connectivity index (χ1) is 11.1. The van der Waals surface area contributed by atoms with Crippen molar-refractivity contribution in [2.75, 3.05) is 16.8 Å². The molecule has 0 bridgehead atoms. The number of carbonyl (C=O) groups excluding carboxylic acids is 1. The first-order valence-corrected chi connectivity index (χ1v) is 8.06. The second kappa shape index (κ2) is 6.77. The van der Waals surface area contributed by atoms with Gasteiger partial charge in [-0.1, -0.05) is 18.2 Å². The van der Waals surface area contributed by atoms with Crippen molar-refractivity contribution in [1.29, 1.82) is 0 Å². The van der Waals surface area contributed by atoms with Crippen LogP contribution in [0.4, 0.5) is 11.5 Å². The van der Waals surface area contributed by atoms with Crippen LogP contribution in [0, 0.1) is 5.92 Å². The molecule has 1 N–H and O–H groups in total. The molecule has 1 fully saturated rings. The minimum atomic E-state index is 0.187. The Bertz CT molecular complexity index is 654. The van der Waals surface area contributed by atoms with Crippen LogP contribution < -0.4 is 10.2 Å². The molecular weight excluding hydrogens is 288 g/mol. The molecule has 0 unspecified atom stereocenters. The van der Waals surface area contributed by atoms with Gasteiger partial charge in [0.05, 0.1) is 5.69 Å². The number of benzene rings is 1. The number of nitrogens with one attached hydrogen (secondary N) is 1. The first kappa shape index (κ1) is 15.5. The second-order valence-corrected chi connectivity index (χ2v) is 6.32. The fourth-order valence-corrected chi connectivity index (χ4v) is 2.91. The molecule has 1 atom stereocenters. The van der Waals surface area contributed by atoms with E-state index in [9.17, 15) is 4.79 Å². The lowest BCUT2D eigenvalue weighted by Gasteiger charge is -2.16. The standard InChI is InChI=1S/C18H22N4O/c1-13(2)19-17-9-8-15(20-21-17)10-14-11-18(23)22(12-14)16-6-4-3-5-7-16/h3-9,13-14H,10-12H2,1-2H3,(H,19,21)/t14-/m1/s1. The minimum absolute atomic E-state index is 0.187. The lowest BCUT2D eigenvalue weighted by Crippen LogP contribution is -2.24. The molecule has 120 valence electrons. The molecule has 0 spiro atoms. The summed E-state index contributed by atoms with van der Waals surface area (Å²) >= 11 is 0. The predicted octanol–water partition coefficient (Wildman–Crippen LogP) is 2.89. The second-order valence-electron chi connectivity index (χ2n) is 6.32. The molecule has 1 aromatic heterocycles. The summed E-state index contributed by atoms with van der Waals surface area (Å²) in [6.45, 7) is 4.88. The Kier molecular flexibility index (Phi) is 4.55. The Morgan fingerprint density at radius 2 is 1.96 bits per heavy atom. The molecule has 0 aliphatic carbocycles. The van der Waals surface area contributed by atoms with E-state index in [2.05, 4.69) is 29.4 Å². The van der Waals surface area contributed by atoms with Crippen molar-refractivity contribution in [2.24, 2.45) is 5.92 Å². The Balaban J connectivity index is 1.62. The highest BCUT2D eigenvalue weighted by Crippen LogP contribution is 2.26. The monoisotopic (exact) mass is 310 g/mol. The van der Waals surface area contributed by atoms with Crippen LogP contribution in [0.2, 0.25) is 0 Å². The highest BCUT2D eigenvalue weighted by Gasteiger charge is 2.30. The molecule has 1 aliphatic heterocycles. The summed E-state index contributed by atoms with van der Waals surface area (Å²) in [6, 6.07) is 14.1. The molecule has 1 aliphatic rings. The van der Waals surface area contributed by atoms with E-state index in [0.29, 0.717) is 18.4 Å². The number of para-hydroxylation sites is 1. The van der Waals surface area contributed by atoms with E-state index >= 15 is 0 Å². The normalized spacial score (nSPS) is 17.8. The van der Waals surface area contributed by atoms with Crippen molar-refractivity contribution >= 4 is 17.4 Å². The van der Waals surface area contributed by atoms with Gasteiger partial charge in [-0.3, -0.25) is 4.79 Å². The Labute approximate surface area is 136 Å². The minimum Gasteiger partial charge on any atom is -0.366 e. The molecule has 1 saturated heterocycles. The number of carbonyl (C=O) groups is 1. The summed E-state index contributed by atoms with van der Waals surface area (Å²) < 4.78 is 0. The zero-order chi connectivity index (χ0) is 16.2. The number of aromatic nitrogens is 2. The Morgan fingerprint density at radius 3 is 2.61 bits per heavy atom. The lowest BCUT2D eigenvalue weighted by atomic mass is 10.0. The number of rotatable bonds is 5. The largest absolute Gasteiger partial charge is 0.366 e. The summed E-state index contributed by atoms with van der Waals surface area (Å²) in [4.78, 5) is 14.1. The summed E-state index contributed by atoms with van der Waals surface area (Å²) in [5.41, 5.74) is 1.91. The zero-order valence-electron chi connectivity index (χ0n) is 13.6. The van der Waals surface area contributed by atoms with Crippen LogP contribution in [-0.4, -0.2) is 28.7 Å². The third-order valence-corrected chi connectivity index (χ3v) is 3.93. The van der Waals surface area contributed by atoms with E-state index < -0.39 is 0 Å². The maximum Gasteiger partial charge on any atom is 0.227 e. The quantitative estimate of drug-likeness (QED) is 0.922. The number of hydrogen-bond acceptors (Lipinski definition) is 4. The summed E-state index contributed by atoms with van der Waals surface area (Å²) in [6.07, 6.45) is 1.35. The fourth-order valence-electron chi connectivity index (χ4n) is 2.91. The summed E-state index contributed by atoms with van der Waals surface area (Å²) in [7, 11) is 0. The van der Waals surface area contributed by atoms with E-state index in [1.165, 1.54) is 0 Å². The molecule has 5 heteroatoms. The predicted molar refractivity (Wildman–Crippen MR) is 91.4 cm³/mol. The van der Waals surface area contributed by atoms with Gasteiger partial charge < -0.3 is 10.2 Å². The van der Waals surface area contributed by atoms with Crippen LogP contribution in [0.3, 0.4) is 0 Å². The van der Waals surface area contributed by atoms with Gasteiger partial charge in [0.25, 0.3) is 0 Å². The maximum absolute atomic E-state index is 12.2. The van der Waals surface area contributed by atoms with Gasteiger partial charge in [0.1, 0.15) is 5.82 Å². The van der Waals surface area contributed by atoms with Crippen LogP contribution in [0.15, 0.2) is 42.5 Å². The fraction of sp³-hybridized carbons (Fsp3) is 0.389. The zero-order valence-corrected chi connectivity index (χ0v) is 13.6. The van der Waals surface area contributed by atoms with Crippen LogP contribution >= 0.6 is 0 Å². The molecule has 1 amide bonds. The lowest BCUT2D eigenvalue weighted by molar-refractivity contribution is -0.117. The van der Waals surface area contributed by atoms with Crippen molar-refractivity contribution in [1.82, 2.24) is 10.2 Å². The third-order valence-electron chi connectivity index (χ3n) is 3.93. The van der Waals surface area contributed by atoms with Crippen molar-refractivity contribution in [3.8, 4) is 0 Å². The molecule has 23 heavy (non-hydrogen) atoms. The van der Waals surface area contributed by atoms with E-state index in [4.69, 9.17) is 0 Å². The average molecular weight is 310 g/mol. The van der Waals surface area contributed by atoms with Gasteiger partial charge in [-0.2, -0.15) is 5.10 Å². The highest BCUT2D eigenvalue weighted by molar-refractivity contribution is 5.95. The van der Waals surface area contributed by atoms with Gasteiger partial charge in [0.2, 0.25) is 5.91 Å². The van der Waals surface area contributed by atoms with Gasteiger partial charge in [-0.15, -0.1) is 5.10 Å². The number of nitrogens with zero attached hydrogens (tertiary/aromatic N) is 3. The Hall–Kier alpha value is -2.43. The van der Waals surface area contributed by atoms with Gasteiger partial charge in [0, 0.05) is 24.7 Å². The van der Waals surface area contributed by atoms with E-state index in [1.54, 1.807) is 0 Å². The van der Waals surface area contributed by atoms with Crippen molar-refractivity contribution in [2.45, 2.75) is 32.7 Å². The first-order valence-electron chi connectivity index (χ1n) is 8.06. The van der Waals surface area contributed by atoms with Gasteiger partial charge >= 0.3 is 0 Å². The molecular formula is C18H22N4O. The number of hydrogen-bond donors (Lipinski definition) is 1. The Morgan fingerprint density at radius 1 is 1.17 bits per heavy atom. The van der Waals surface area contributed by atoms with E-state index in [-0.39, 0.29) is 5.91 Å². The third kappa shape index (κ3) is 3.86. The molecule has 5 nitrogen and oxygen atoms in total. The number of amides is 1. The van der Waals surface area contributed by atoms with Crippen LogP contribution in [-0.2, 0) is 11.2 Å². The summed E-state index contributed by atoms with van der Waals surface area (Å²) in [5, 5.41) is 11.7. The smallest absolute Gasteiger partial charge is 0.227 e. The van der Waals surface area contributed by atoms with Crippen LogP contribution in [0.5, 0.6) is 0 Å². The molecule has 2 heterocycles. The number of anilines is 2. The van der Waals surface area contributed by atoms with Gasteiger partial charge in [0.15, 0.2) is 0 Å². The van der Waals surface area contributed by atoms with Crippen molar-refractivity contribution < 1.29 is 4.79 Å². The van der Waals surface area contributed by atoms with Crippen molar-refractivity contribution in [3.63, 3.8) is 0 Å². The van der Waals surface area contributed by atoms with Gasteiger partial charge in [-0.25, -0.2) is 0 Å². The molecule has 0 radical (unpaired) electrons. The molecule has 0 saturated carbocycles. The topological polar surface area (TPSA) is 58.1 Å². The van der Waals surface area contributed by atoms with Crippen LogP contribution in [0.25, 0.3) is 0 Å². The highest BCUT2D eigenvalue weighted by atomic mass is 16.2. The van der Waals surface area contributed by atoms with Gasteiger partial charge in [-0.05, 0) is 50.5 Å². The maximum atomic E-state index is 12.2. The molecule has 1 aromatic carbocycles. The SMILES string of the molecule is CC(C)Nc1ccc(C[C@@H]2CC(=O)N(c3ccccc3)C2)nn1. The molecule has 2 aromatic rings. The van der Waals surface area contributed by atoms with Crippen LogP contribution in [0.1, 0.15) is 26.0 Å². The van der Waals surface area contributed by atoms with Crippen molar-refractivity contribution in [3.05, 3.63) is 48.2 Å². The van der Waals surface area contributed by atoms with E-state index in [0.717, 1.165) is 30.2 Å². The molecule has 3 rings (SSSR count).